The maximum absolute atomic E-state index is 12.3. The molecule has 0 aliphatic rings. The zero-order valence-corrected chi connectivity index (χ0v) is 14.3. The summed E-state index contributed by atoms with van der Waals surface area (Å²) in [5.41, 5.74) is 2.68. The average Bonchev–Trinajstić information content (AvgIpc) is 2.41. The number of nitrogens with zero attached hydrogens (tertiary/aromatic N) is 1. The summed E-state index contributed by atoms with van der Waals surface area (Å²) < 4.78 is 28.5. The van der Waals surface area contributed by atoms with Gasteiger partial charge in [-0.15, -0.1) is 0 Å². The van der Waals surface area contributed by atoms with E-state index in [0.29, 0.717) is 12.2 Å². The molecule has 5 nitrogen and oxygen atoms in total. The minimum atomic E-state index is -3.49. The third-order valence-electron chi connectivity index (χ3n) is 3.28. The number of aryl methyl sites for hydroxylation is 2. The Morgan fingerprint density at radius 1 is 1.19 bits per heavy atom. The Bertz CT molecular complexity index is 544. The molecule has 1 rings (SSSR count). The van der Waals surface area contributed by atoms with Gasteiger partial charge in [0.25, 0.3) is 0 Å². The first-order chi connectivity index (χ1) is 9.86. The van der Waals surface area contributed by atoms with Gasteiger partial charge < -0.3 is 5.32 Å². The van der Waals surface area contributed by atoms with Crippen LogP contribution < -0.4 is 10.0 Å². The van der Waals surface area contributed by atoms with Crippen molar-refractivity contribution in [3.63, 3.8) is 0 Å². The molecule has 0 radical (unpaired) electrons. The van der Waals surface area contributed by atoms with Crippen LogP contribution in [0.25, 0.3) is 0 Å². The van der Waals surface area contributed by atoms with Crippen LogP contribution in [0.2, 0.25) is 0 Å². The number of nitrogens with one attached hydrogen (secondary N) is 2. The van der Waals surface area contributed by atoms with Crippen molar-refractivity contribution in [2.75, 3.05) is 31.4 Å². The fraction of sp³-hybridized carbons (Fsp3) is 0.600. The minimum absolute atomic E-state index is 0.497. The molecule has 0 spiro atoms. The number of rotatable bonds is 9. The Morgan fingerprint density at radius 3 is 2.52 bits per heavy atom. The number of hydrogen-bond acceptors (Lipinski definition) is 3. The summed E-state index contributed by atoms with van der Waals surface area (Å²) in [6.07, 6.45) is 1.88. The Morgan fingerprint density at radius 2 is 1.90 bits per heavy atom. The van der Waals surface area contributed by atoms with Crippen LogP contribution in [0.15, 0.2) is 18.2 Å². The fourth-order valence-corrected chi connectivity index (χ4v) is 3.03. The molecule has 0 saturated heterocycles. The van der Waals surface area contributed by atoms with Crippen LogP contribution >= 0.6 is 0 Å². The van der Waals surface area contributed by atoms with Crippen LogP contribution in [0.3, 0.4) is 0 Å². The van der Waals surface area contributed by atoms with Crippen molar-refractivity contribution < 1.29 is 8.42 Å². The predicted molar refractivity (Wildman–Crippen MR) is 88.9 cm³/mol. The summed E-state index contributed by atoms with van der Waals surface area (Å²) in [7, 11) is -1.88. The highest BCUT2D eigenvalue weighted by Crippen LogP contribution is 2.18. The van der Waals surface area contributed by atoms with Crippen molar-refractivity contribution >= 4 is 15.9 Å². The monoisotopic (exact) mass is 313 g/mol. The van der Waals surface area contributed by atoms with Gasteiger partial charge in [0.2, 0.25) is 0 Å². The maximum atomic E-state index is 12.3. The first-order valence-corrected chi connectivity index (χ1v) is 8.83. The van der Waals surface area contributed by atoms with E-state index in [9.17, 15) is 8.42 Å². The van der Waals surface area contributed by atoms with Gasteiger partial charge in [0.15, 0.2) is 0 Å². The second-order valence-corrected chi connectivity index (χ2v) is 7.13. The second-order valence-electron chi connectivity index (χ2n) is 5.35. The van der Waals surface area contributed by atoms with Crippen molar-refractivity contribution in [2.24, 2.45) is 0 Å². The van der Waals surface area contributed by atoms with E-state index in [1.165, 1.54) is 4.31 Å². The molecule has 0 atom stereocenters. The van der Waals surface area contributed by atoms with Gasteiger partial charge in [-0.05, 0) is 51.4 Å². The first-order valence-electron chi connectivity index (χ1n) is 7.39. The van der Waals surface area contributed by atoms with E-state index in [4.69, 9.17) is 0 Å². The molecule has 1 aromatic rings. The lowest BCUT2D eigenvalue weighted by Gasteiger charge is -2.19. The Kier molecular flexibility index (Phi) is 7.14. The molecule has 120 valence electrons. The lowest BCUT2D eigenvalue weighted by Crippen LogP contribution is -2.34. The Labute approximate surface area is 128 Å². The van der Waals surface area contributed by atoms with Crippen molar-refractivity contribution in [1.29, 1.82) is 0 Å². The van der Waals surface area contributed by atoms with Crippen molar-refractivity contribution in [3.8, 4) is 0 Å². The molecule has 21 heavy (non-hydrogen) atoms. The summed E-state index contributed by atoms with van der Waals surface area (Å²) in [6, 6.07) is 5.67. The van der Waals surface area contributed by atoms with E-state index in [1.54, 1.807) is 13.1 Å². The van der Waals surface area contributed by atoms with Gasteiger partial charge in [0.1, 0.15) is 0 Å². The zero-order chi connectivity index (χ0) is 15.9. The zero-order valence-electron chi connectivity index (χ0n) is 13.4. The summed E-state index contributed by atoms with van der Waals surface area (Å²) in [5.74, 6) is 0. The summed E-state index contributed by atoms with van der Waals surface area (Å²) >= 11 is 0. The molecule has 6 heteroatoms. The second kappa shape index (κ2) is 8.36. The van der Waals surface area contributed by atoms with Crippen LogP contribution in [-0.4, -0.2) is 39.4 Å². The highest BCUT2D eigenvalue weighted by Gasteiger charge is 2.17. The molecule has 0 aromatic heterocycles. The van der Waals surface area contributed by atoms with Gasteiger partial charge in [-0.3, -0.25) is 4.72 Å². The standard InChI is InChI=1S/C15H27N3O2S/c1-5-9-16-10-6-11-18(4)21(19,20)17-15-8-7-13(2)12-14(15)3/h7-8,12,16-17H,5-6,9-11H2,1-4H3. The number of anilines is 1. The van der Waals surface area contributed by atoms with Crippen LogP contribution in [0.5, 0.6) is 0 Å². The lowest BCUT2D eigenvalue weighted by atomic mass is 10.1. The largest absolute Gasteiger partial charge is 0.317 e. The molecule has 0 bridgehead atoms. The van der Waals surface area contributed by atoms with Gasteiger partial charge in [-0.1, -0.05) is 24.6 Å². The van der Waals surface area contributed by atoms with Gasteiger partial charge in [0, 0.05) is 13.6 Å². The van der Waals surface area contributed by atoms with Crippen LogP contribution in [0.4, 0.5) is 5.69 Å². The average molecular weight is 313 g/mol. The molecular formula is C15H27N3O2S. The number of benzene rings is 1. The van der Waals surface area contributed by atoms with Gasteiger partial charge >= 0.3 is 10.2 Å². The van der Waals surface area contributed by atoms with E-state index >= 15 is 0 Å². The first kappa shape index (κ1) is 17.9. The van der Waals surface area contributed by atoms with E-state index in [1.807, 2.05) is 26.0 Å². The van der Waals surface area contributed by atoms with Crippen molar-refractivity contribution in [1.82, 2.24) is 9.62 Å². The van der Waals surface area contributed by atoms with Crippen molar-refractivity contribution in [2.45, 2.75) is 33.6 Å². The van der Waals surface area contributed by atoms with E-state index in [-0.39, 0.29) is 0 Å². The van der Waals surface area contributed by atoms with Crippen molar-refractivity contribution in [3.05, 3.63) is 29.3 Å². The van der Waals surface area contributed by atoms with Gasteiger partial charge in [-0.2, -0.15) is 12.7 Å². The Hall–Kier alpha value is -1.11. The molecule has 0 saturated carbocycles. The SMILES string of the molecule is CCCNCCCN(C)S(=O)(=O)Nc1ccc(C)cc1C. The normalized spacial score (nSPS) is 11.9. The van der Waals surface area contributed by atoms with Gasteiger partial charge in [0.05, 0.1) is 5.69 Å². The summed E-state index contributed by atoms with van der Waals surface area (Å²) in [6.45, 7) is 8.29. The number of hydrogen-bond donors (Lipinski definition) is 2. The highest BCUT2D eigenvalue weighted by atomic mass is 32.2. The summed E-state index contributed by atoms with van der Waals surface area (Å²) in [5, 5.41) is 3.27. The molecule has 0 aliphatic heterocycles. The van der Waals surface area contributed by atoms with Crippen LogP contribution in [0.1, 0.15) is 30.9 Å². The molecule has 0 heterocycles. The quantitative estimate of drug-likeness (QED) is 0.688. The molecule has 0 amide bonds. The molecule has 0 aliphatic carbocycles. The smallest absolute Gasteiger partial charge is 0.301 e. The molecule has 0 fully saturated rings. The predicted octanol–water partition coefficient (Wildman–Crippen LogP) is 2.28. The molecule has 0 unspecified atom stereocenters. The van der Waals surface area contributed by atoms with Gasteiger partial charge in [-0.25, -0.2) is 0 Å². The third kappa shape index (κ3) is 6.03. The van der Waals surface area contributed by atoms with E-state index in [2.05, 4.69) is 17.0 Å². The van der Waals surface area contributed by atoms with E-state index in [0.717, 1.165) is 37.1 Å². The molecular weight excluding hydrogens is 286 g/mol. The highest BCUT2D eigenvalue weighted by molar-refractivity contribution is 7.90. The fourth-order valence-electron chi connectivity index (χ4n) is 1.99. The van der Waals surface area contributed by atoms with Crippen LogP contribution in [-0.2, 0) is 10.2 Å². The maximum Gasteiger partial charge on any atom is 0.301 e. The summed E-state index contributed by atoms with van der Waals surface area (Å²) in [4.78, 5) is 0. The van der Waals surface area contributed by atoms with Crippen LogP contribution in [0, 0.1) is 13.8 Å². The third-order valence-corrected chi connectivity index (χ3v) is 4.77. The topological polar surface area (TPSA) is 61.4 Å². The minimum Gasteiger partial charge on any atom is -0.317 e. The molecule has 2 N–H and O–H groups in total. The lowest BCUT2D eigenvalue weighted by molar-refractivity contribution is 0.458. The van der Waals surface area contributed by atoms with E-state index < -0.39 is 10.2 Å². The Balaban J connectivity index is 2.55. The molecule has 1 aromatic carbocycles.